The molecule has 1 aliphatic heterocycles. The van der Waals surface area contributed by atoms with Crippen LogP contribution in [0.25, 0.3) is 0 Å². The Hall–Kier alpha value is -2.90. The van der Waals surface area contributed by atoms with Crippen molar-refractivity contribution in [3.63, 3.8) is 0 Å². The van der Waals surface area contributed by atoms with Crippen molar-refractivity contribution >= 4 is 12.1 Å². The predicted octanol–water partition coefficient (Wildman–Crippen LogP) is 4.98. The van der Waals surface area contributed by atoms with E-state index >= 15 is 0 Å². The van der Waals surface area contributed by atoms with E-state index in [0.29, 0.717) is 17.9 Å². The fourth-order valence-corrected chi connectivity index (χ4v) is 8.56. The van der Waals surface area contributed by atoms with Crippen molar-refractivity contribution in [1.82, 2.24) is 5.32 Å². The van der Waals surface area contributed by atoms with Gasteiger partial charge < -0.3 is 24.6 Å². The molecular formula is C31H37NO6. The minimum absolute atomic E-state index is 0.152. The van der Waals surface area contributed by atoms with Crippen LogP contribution in [0.5, 0.6) is 0 Å². The Bertz CT molecular complexity index is 1280. The van der Waals surface area contributed by atoms with E-state index in [9.17, 15) is 14.7 Å². The Labute approximate surface area is 223 Å². The van der Waals surface area contributed by atoms with E-state index in [0.717, 1.165) is 6.42 Å². The van der Waals surface area contributed by atoms with Crippen molar-refractivity contribution < 1.29 is 28.9 Å². The van der Waals surface area contributed by atoms with Gasteiger partial charge in [0, 0.05) is 11.3 Å². The number of amides is 1. The minimum Gasteiger partial charge on any atom is -0.460 e. The van der Waals surface area contributed by atoms with E-state index in [1.807, 2.05) is 6.07 Å². The predicted molar refractivity (Wildman–Crippen MR) is 140 cm³/mol. The maximum atomic E-state index is 13.5. The lowest BCUT2D eigenvalue weighted by atomic mass is 9.58. The van der Waals surface area contributed by atoms with Crippen molar-refractivity contribution in [1.29, 1.82) is 0 Å². The number of carbonyl (C=O) groups excluding carboxylic acids is 2. The average molecular weight is 520 g/mol. The van der Waals surface area contributed by atoms with Gasteiger partial charge in [0.1, 0.15) is 17.3 Å². The van der Waals surface area contributed by atoms with Gasteiger partial charge >= 0.3 is 12.1 Å². The van der Waals surface area contributed by atoms with E-state index < -0.39 is 41.3 Å². The molecule has 2 saturated carbocycles. The summed E-state index contributed by atoms with van der Waals surface area (Å²) in [7, 11) is 0. The second kappa shape index (κ2) is 8.30. The zero-order valence-electron chi connectivity index (χ0n) is 22.7. The van der Waals surface area contributed by atoms with Crippen molar-refractivity contribution in [2.24, 2.45) is 16.7 Å². The number of esters is 1. The van der Waals surface area contributed by atoms with Gasteiger partial charge in [-0.3, -0.25) is 0 Å². The number of nitrogens with one attached hydrogen (secondary N) is 1. The Balaban J connectivity index is 1.29. The fourth-order valence-electron chi connectivity index (χ4n) is 8.56. The third-order valence-corrected chi connectivity index (χ3v) is 10.5. The van der Waals surface area contributed by atoms with E-state index in [1.165, 1.54) is 11.1 Å². The highest BCUT2D eigenvalue weighted by molar-refractivity contribution is 5.78. The lowest BCUT2D eigenvalue weighted by Crippen LogP contribution is -2.53. The van der Waals surface area contributed by atoms with E-state index in [4.69, 9.17) is 14.2 Å². The molecule has 0 aromatic heterocycles. The molecule has 4 aliphatic rings. The Morgan fingerprint density at radius 1 is 1.11 bits per heavy atom. The molecule has 2 N–H and O–H groups in total. The number of alkyl carbamates (subject to hydrolysis) is 1. The molecule has 2 aromatic rings. The number of benzene rings is 2. The van der Waals surface area contributed by atoms with Gasteiger partial charge in [0.15, 0.2) is 6.10 Å². The molecule has 0 spiro atoms. The summed E-state index contributed by atoms with van der Waals surface area (Å²) in [5.74, 6) is -0.254. The molecule has 7 nitrogen and oxygen atoms in total. The molecule has 3 fully saturated rings. The number of hydrogen-bond donors (Lipinski definition) is 2. The number of epoxide rings is 1. The maximum Gasteiger partial charge on any atom is 0.407 e. The topological polar surface area (TPSA) is 97.4 Å². The number of fused-ring (bicyclic) bond motifs is 3. The first-order valence-corrected chi connectivity index (χ1v) is 13.7. The molecule has 38 heavy (non-hydrogen) atoms. The Morgan fingerprint density at radius 3 is 2.50 bits per heavy atom. The first-order chi connectivity index (χ1) is 18.0. The molecule has 1 saturated heterocycles. The number of aliphatic hydroxyl groups excluding tert-OH is 1. The van der Waals surface area contributed by atoms with Crippen molar-refractivity contribution in [3.05, 3.63) is 71.3 Å². The van der Waals surface area contributed by atoms with E-state index in [1.54, 1.807) is 31.2 Å². The van der Waals surface area contributed by atoms with Crippen LogP contribution in [-0.2, 0) is 24.6 Å². The van der Waals surface area contributed by atoms with Gasteiger partial charge in [0.05, 0.1) is 12.6 Å². The smallest absolute Gasteiger partial charge is 0.407 e. The summed E-state index contributed by atoms with van der Waals surface area (Å²) in [4.78, 5) is 25.8. The third-order valence-electron chi connectivity index (χ3n) is 10.5. The molecule has 6 rings (SSSR count). The zero-order valence-corrected chi connectivity index (χ0v) is 22.7. The molecule has 1 amide bonds. The summed E-state index contributed by atoms with van der Waals surface area (Å²) in [6.07, 6.45) is -1.19. The first-order valence-electron chi connectivity index (χ1n) is 13.7. The van der Waals surface area contributed by atoms with Crippen molar-refractivity contribution in [2.45, 2.75) is 82.8 Å². The van der Waals surface area contributed by atoms with Gasteiger partial charge in [0.2, 0.25) is 0 Å². The molecule has 8 atom stereocenters. The summed E-state index contributed by atoms with van der Waals surface area (Å²) in [5.41, 5.74) is 1.86. The average Bonchev–Trinajstić information content (AvgIpc) is 3.53. The van der Waals surface area contributed by atoms with E-state index in [-0.39, 0.29) is 23.5 Å². The molecular weight excluding hydrogens is 482 g/mol. The standard InChI is InChI=1S/C31H37NO6/c1-6-36-27(35)32-24(19-12-8-7-9-13-19)25(33)26(34)37-23-16-22-28(3,4)29(23,5)30-17-18(2)20-14-10-11-15-21(20)31(22,30)38-30/h7-15,18,22-25,33H,6,16-17H2,1-5H3,(H,32,35)/t18-,22?,23?,24-,25+,29?,30-,31+/m0/s1. The molecule has 7 heteroatoms. The second-order valence-corrected chi connectivity index (χ2v) is 12.2. The lowest BCUT2D eigenvalue weighted by Gasteiger charge is -2.46. The molecule has 202 valence electrons. The number of aliphatic hydroxyl groups is 1. The van der Waals surface area contributed by atoms with Crippen LogP contribution < -0.4 is 5.32 Å². The quantitative estimate of drug-likeness (QED) is 0.413. The van der Waals surface area contributed by atoms with Gasteiger partial charge in [-0.05, 0) is 47.8 Å². The van der Waals surface area contributed by atoms with Crippen LogP contribution >= 0.6 is 0 Å². The molecule has 0 radical (unpaired) electrons. The van der Waals surface area contributed by atoms with Gasteiger partial charge in [-0.25, -0.2) is 9.59 Å². The number of hydrogen-bond acceptors (Lipinski definition) is 6. The van der Waals surface area contributed by atoms with Gasteiger partial charge in [-0.1, -0.05) is 82.3 Å². The van der Waals surface area contributed by atoms with Crippen molar-refractivity contribution in [3.8, 4) is 0 Å². The zero-order chi connectivity index (χ0) is 27.1. The number of rotatable bonds is 6. The molecule has 2 bridgehead atoms. The first kappa shape index (κ1) is 25.4. The maximum absolute atomic E-state index is 13.5. The monoisotopic (exact) mass is 519 g/mol. The summed E-state index contributed by atoms with van der Waals surface area (Å²) >= 11 is 0. The number of carbonyl (C=O) groups is 2. The van der Waals surface area contributed by atoms with Crippen LogP contribution in [0.3, 0.4) is 0 Å². The summed E-state index contributed by atoms with van der Waals surface area (Å²) in [5, 5.41) is 13.8. The molecule has 1 heterocycles. The normalized spacial score (nSPS) is 36.7. The summed E-state index contributed by atoms with van der Waals surface area (Å²) in [6, 6.07) is 16.5. The summed E-state index contributed by atoms with van der Waals surface area (Å²) in [6.45, 7) is 10.9. The van der Waals surface area contributed by atoms with Gasteiger partial charge in [-0.15, -0.1) is 0 Å². The van der Waals surface area contributed by atoms with Crippen LogP contribution in [0.2, 0.25) is 0 Å². The summed E-state index contributed by atoms with van der Waals surface area (Å²) < 4.78 is 18.1. The molecule has 3 unspecified atom stereocenters. The molecule has 3 aliphatic carbocycles. The van der Waals surface area contributed by atoms with Crippen LogP contribution in [-0.4, -0.2) is 41.6 Å². The SMILES string of the molecule is CCOC(=O)N[C@@H](c1ccccc1)[C@@H](O)C(=O)OC1CC2C(C)(C)C1(C)[C@@]13C[C@H](C)c4ccccc4[C@@]21O3. The highest BCUT2D eigenvalue weighted by Crippen LogP contribution is 2.89. The highest BCUT2D eigenvalue weighted by Gasteiger charge is 2.95. The number of ether oxygens (including phenoxy) is 3. The van der Waals surface area contributed by atoms with Gasteiger partial charge in [-0.2, -0.15) is 0 Å². The molecule has 2 aromatic carbocycles. The van der Waals surface area contributed by atoms with Crippen molar-refractivity contribution in [2.75, 3.05) is 6.61 Å². The Kier molecular flexibility index (Phi) is 5.54. The largest absolute Gasteiger partial charge is 0.460 e. The third kappa shape index (κ3) is 2.97. The minimum atomic E-state index is -1.60. The van der Waals surface area contributed by atoms with Crippen LogP contribution in [0.1, 0.15) is 76.1 Å². The fraction of sp³-hybridized carbons (Fsp3) is 0.548. The van der Waals surface area contributed by atoms with E-state index in [2.05, 4.69) is 57.3 Å². The Morgan fingerprint density at radius 2 is 1.79 bits per heavy atom. The van der Waals surface area contributed by atoms with Crippen LogP contribution in [0, 0.1) is 16.7 Å². The van der Waals surface area contributed by atoms with Crippen LogP contribution in [0.15, 0.2) is 54.6 Å². The van der Waals surface area contributed by atoms with Crippen LogP contribution in [0.4, 0.5) is 4.79 Å². The lowest BCUT2D eigenvalue weighted by molar-refractivity contribution is -0.173. The van der Waals surface area contributed by atoms with Gasteiger partial charge in [0.25, 0.3) is 0 Å². The second-order valence-electron chi connectivity index (χ2n) is 12.2. The highest BCUT2D eigenvalue weighted by atomic mass is 16.6.